The number of hydrogen-bond acceptors (Lipinski definition) is 7. The molecule has 35 heavy (non-hydrogen) atoms. The van der Waals surface area contributed by atoms with Gasteiger partial charge in [0.1, 0.15) is 30.0 Å². The zero-order valence-corrected chi connectivity index (χ0v) is 20.7. The Hall–Kier alpha value is -3.81. The number of unbranched alkanes of at least 4 members (excludes halogenated alkanes) is 1. The van der Waals surface area contributed by atoms with Crippen LogP contribution in [0.1, 0.15) is 65.0 Å². The first-order chi connectivity index (χ1) is 16.4. The van der Waals surface area contributed by atoms with Crippen LogP contribution < -0.4 is 16.4 Å². The van der Waals surface area contributed by atoms with Crippen molar-refractivity contribution in [3.05, 3.63) is 29.8 Å². The first-order valence-corrected chi connectivity index (χ1v) is 11.4. The second kappa shape index (κ2) is 13.8. The lowest BCUT2D eigenvalue weighted by Gasteiger charge is -2.33. The topological polar surface area (TPSA) is 175 Å². The number of primary amides is 1. The fraction of sp³-hybridized carbons (Fsp3) is 0.542. The number of nitriles is 1. The van der Waals surface area contributed by atoms with E-state index in [1.165, 1.54) is 24.3 Å². The standard InChI is InChI=1S/C24H35N5O6/c1-5-6-14-27-21(32)20(16-7-9-17(30)10-8-16)29(15-13-25)22(33)18(11-12-19(26)31)28-23(34)35-24(2,3)4/h7-10,18,20,30H,5-6,11-12,14-15H2,1-4H3,(H2,26,31)(H,27,32)(H,28,34). The predicted octanol–water partition coefficient (Wildman–Crippen LogP) is 1.86. The summed E-state index contributed by atoms with van der Waals surface area (Å²) in [4.78, 5) is 51.6. The maximum atomic E-state index is 13.6. The number of hydrogen-bond donors (Lipinski definition) is 4. The van der Waals surface area contributed by atoms with Crippen molar-refractivity contribution < 1.29 is 29.0 Å². The summed E-state index contributed by atoms with van der Waals surface area (Å²) in [5.74, 6) is -2.02. The first-order valence-electron chi connectivity index (χ1n) is 11.4. The summed E-state index contributed by atoms with van der Waals surface area (Å²) in [6.07, 6.45) is 0.265. The number of rotatable bonds is 12. The van der Waals surface area contributed by atoms with E-state index in [2.05, 4.69) is 10.6 Å². The van der Waals surface area contributed by atoms with E-state index in [1.807, 2.05) is 13.0 Å². The van der Waals surface area contributed by atoms with Crippen LogP contribution in [0.15, 0.2) is 24.3 Å². The molecule has 0 heterocycles. The molecule has 0 fully saturated rings. The SMILES string of the molecule is CCCCNC(=O)C(c1ccc(O)cc1)N(CC#N)C(=O)C(CCC(N)=O)NC(=O)OC(C)(C)C. The third-order valence-corrected chi connectivity index (χ3v) is 4.79. The normalized spacial score (nSPS) is 12.5. The summed E-state index contributed by atoms with van der Waals surface area (Å²) in [5.41, 5.74) is 4.75. The summed E-state index contributed by atoms with van der Waals surface area (Å²) < 4.78 is 5.23. The Kier molecular flexibility index (Phi) is 11.5. The summed E-state index contributed by atoms with van der Waals surface area (Å²) in [6, 6.07) is 5.04. The number of aromatic hydroxyl groups is 1. The summed E-state index contributed by atoms with van der Waals surface area (Å²) in [5, 5.41) is 24.3. The summed E-state index contributed by atoms with van der Waals surface area (Å²) >= 11 is 0. The molecule has 11 nitrogen and oxygen atoms in total. The zero-order valence-electron chi connectivity index (χ0n) is 20.7. The fourth-order valence-corrected chi connectivity index (χ4v) is 3.18. The molecule has 1 rings (SSSR count). The molecule has 0 aliphatic carbocycles. The Balaban J connectivity index is 3.38. The van der Waals surface area contributed by atoms with Gasteiger partial charge in [-0.05, 0) is 51.3 Å². The largest absolute Gasteiger partial charge is 0.508 e. The Morgan fingerprint density at radius 3 is 2.34 bits per heavy atom. The fourth-order valence-electron chi connectivity index (χ4n) is 3.18. The molecule has 0 radical (unpaired) electrons. The van der Waals surface area contributed by atoms with Crippen LogP contribution in [0.4, 0.5) is 4.79 Å². The molecular weight excluding hydrogens is 454 g/mol. The van der Waals surface area contributed by atoms with Crippen LogP contribution in [0.5, 0.6) is 5.75 Å². The Morgan fingerprint density at radius 2 is 1.83 bits per heavy atom. The number of ether oxygens (including phenoxy) is 1. The van der Waals surface area contributed by atoms with E-state index in [4.69, 9.17) is 10.5 Å². The molecule has 0 saturated heterocycles. The number of phenolic OH excluding ortho intramolecular Hbond substituents is 1. The molecule has 0 spiro atoms. The van der Waals surface area contributed by atoms with Gasteiger partial charge in [0.05, 0.1) is 6.07 Å². The Labute approximate surface area is 205 Å². The van der Waals surface area contributed by atoms with Crippen molar-refractivity contribution in [1.29, 1.82) is 5.26 Å². The highest BCUT2D eigenvalue weighted by molar-refractivity contribution is 5.92. The zero-order chi connectivity index (χ0) is 26.6. The number of carbonyl (C=O) groups is 4. The maximum absolute atomic E-state index is 13.6. The molecular formula is C24H35N5O6. The smallest absolute Gasteiger partial charge is 0.408 e. The molecule has 2 atom stereocenters. The number of carbonyl (C=O) groups excluding carboxylic acids is 4. The van der Waals surface area contributed by atoms with Crippen molar-refractivity contribution >= 4 is 23.8 Å². The maximum Gasteiger partial charge on any atom is 0.408 e. The molecule has 0 saturated carbocycles. The number of amides is 4. The van der Waals surface area contributed by atoms with Crippen molar-refractivity contribution in [3.8, 4) is 11.8 Å². The highest BCUT2D eigenvalue weighted by Gasteiger charge is 2.36. The molecule has 1 aromatic carbocycles. The monoisotopic (exact) mass is 489 g/mol. The molecule has 0 aliphatic heterocycles. The minimum atomic E-state index is -1.28. The number of phenols is 1. The summed E-state index contributed by atoms with van der Waals surface area (Å²) in [7, 11) is 0. The average molecular weight is 490 g/mol. The molecule has 192 valence electrons. The van der Waals surface area contributed by atoms with Crippen molar-refractivity contribution in [1.82, 2.24) is 15.5 Å². The number of alkyl carbamates (subject to hydrolysis) is 1. The minimum absolute atomic E-state index is 0.0389. The Morgan fingerprint density at radius 1 is 1.20 bits per heavy atom. The van der Waals surface area contributed by atoms with Gasteiger partial charge in [-0.15, -0.1) is 0 Å². The van der Waals surface area contributed by atoms with Crippen LogP contribution in [-0.2, 0) is 19.1 Å². The highest BCUT2D eigenvalue weighted by atomic mass is 16.6. The van der Waals surface area contributed by atoms with Gasteiger partial charge in [0.2, 0.25) is 17.7 Å². The molecule has 5 N–H and O–H groups in total. The van der Waals surface area contributed by atoms with E-state index in [0.29, 0.717) is 18.5 Å². The number of nitrogens with two attached hydrogens (primary N) is 1. The van der Waals surface area contributed by atoms with Gasteiger partial charge in [-0.3, -0.25) is 14.4 Å². The van der Waals surface area contributed by atoms with Gasteiger partial charge in [-0.25, -0.2) is 4.79 Å². The van der Waals surface area contributed by atoms with Crippen molar-refractivity contribution in [3.63, 3.8) is 0 Å². The van der Waals surface area contributed by atoms with E-state index in [-0.39, 0.29) is 18.6 Å². The average Bonchev–Trinajstić information content (AvgIpc) is 2.76. The van der Waals surface area contributed by atoms with Crippen molar-refractivity contribution in [2.45, 2.75) is 71.1 Å². The predicted molar refractivity (Wildman–Crippen MR) is 128 cm³/mol. The molecule has 0 aromatic heterocycles. The van der Waals surface area contributed by atoms with Crippen LogP contribution in [0.25, 0.3) is 0 Å². The van der Waals surface area contributed by atoms with Gasteiger partial charge in [0, 0.05) is 13.0 Å². The van der Waals surface area contributed by atoms with Crippen LogP contribution >= 0.6 is 0 Å². The molecule has 1 aromatic rings. The van der Waals surface area contributed by atoms with Gasteiger partial charge >= 0.3 is 6.09 Å². The van der Waals surface area contributed by atoms with E-state index in [9.17, 15) is 29.5 Å². The van der Waals surface area contributed by atoms with Gasteiger partial charge in [-0.1, -0.05) is 25.5 Å². The van der Waals surface area contributed by atoms with Gasteiger partial charge in [0.15, 0.2) is 0 Å². The minimum Gasteiger partial charge on any atom is -0.508 e. The lowest BCUT2D eigenvalue weighted by molar-refractivity contribution is -0.142. The first kappa shape index (κ1) is 29.2. The van der Waals surface area contributed by atoms with E-state index in [0.717, 1.165) is 11.3 Å². The van der Waals surface area contributed by atoms with Crippen LogP contribution in [0.2, 0.25) is 0 Å². The van der Waals surface area contributed by atoms with E-state index < -0.39 is 48.0 Å². The second-order valence-corrected chi connectivity index (χ2v) is 8.97. The van der Waals surface area contributed by atoms with E-state index in [1.54, 1.807) is 20.8 Å². The molecule has 0 aliphatic rings. The van der Waals surface area contributed by atoms with Crippen molar-refractivity contribution in [2.24, 2.45) is 5.73 Å². The van der Waals surface area contributed by atoms with Crippen LogP contribution in [0, 0.1) is 11.3 Å². The number of nitrogens with one attached hydrogen (secondary N) is 2. The van der Waals surface area contributed by atoms with Gasteiger partial charge in [0.25, 0.3) is 0 Å². The Bertz CT molecular complexity index is 920. The number of benzene rings is 1. The second-order valence-electron chi connectivity index (χ2n) is 8.97. The summed E-state index contributed by atoms with van der Waals surface area (Å²) in [6.45, 7) is 6.79. The van der Waals surface area contributed by atoms with Gasteiger partial charge < -0.3 is 31.1 Å². The molecule has 0 bridgehead atoms. The molecule has 11 heteroatoms. The highest BCUT2D eigenvalue weighted by Crippen LogP contribution is 2.25. The van der Waals surface area contributed by atoms with E-state index >= 15 is 0 Å². The molecule has 4 amide bonds. The lowest BCUT2D eigenvalue weighted by Crippen LogP contribution is -2.53. The van der Waals surface area contributed by atoms with Crippen LogP contribution in [0.3, 0.4) is 0 Å². The quantitative estimate of drug-likeness (QED) is 0.256. The lowest BCUT2D eigenvalue weighted by atomic mass is 10.0. The van der Waals surface area contributed by atoms with Crippen LogP contribution in [-0.4, -0.2) is 58.6 Å². The number of nitrogens with zero attached hydrogens (tertiary/aromatic N) is 2. The third-order valence-electron chi connectivity index (χ3n) is 4.79. The van der Waals surface area contributed by atoms with Crippen molar-refractivity contribution in [2.75, 3.05) is 13.1 Å². The molecule has 2 unspecified atom stereocenters. The third kappa shape index (κ3) is 10.3. The van der Waals surface area contributed by atoms with Gasteiger partial charge in [-0.2, -0.15) is 5.26 Å².